The fourth-order valence-corrected chi connectivity index (χ4v) is 2.37. The van der Waals surface area contributed by atoms with Crippen molar-refractivity contribution < 1.29 is 22.7 Å². The molecule has 0 radical (unpaired) electrons. The molecule has 0 bridgehead atoms. The van der Waals surface area contributed by atoms with Crippen molar-refractivity contribution in [3.63, 3.8) is 0 Å². The third kappa shape index (κ3) is 6.70. The van der Waals surface area contributed by atoms with Crippen LogP contribution in [0, 0.1) is 0 Å². The number of ether oxygens (including phenoxy) is 1. The fourth-order valence-electron chi connectivity index (χ4n) is 2.37. The minimum Gasteiger partial charge on any atom is -0.490 e. The first-order valence-electron chi connectivity index (χ1n) is 8.83. The average Bonchev–Trinajstić information content (AvgIpc) is 2.69. The quantitative estimate of drug-likeness (QED) is 0.352. The maximum atomic E-state index is 12.6. The van der Waals surface area contributed by atoms with Crippen LogP contribution in [0.2, 0.25) is 0 Å². The molecule has 0 aromatic heterocycles. The number of rotatable bonds is 10. The van der Waals surface area contributed by atoms with E-state index >= 15 is 0 Å². The smallest absolute Gasteiger partial charge is 0.416 e. The molecule has 0 heterocycles. The summed E-state index contributed by atoms with van der Waals surface area (Å²) >= 11 is 0. The number of ketones is 1. The van der Waals surface area contributed by atoms with Crippen LogP contribution < -0.4 is 10.1 Å². The molecule has 0 unspecified atom stereocenters. The van der Waals surface area contributed by atoms with Gasteiger partial charge in [0.1, 0.15) is 12.4 Å². The summed E-state index contributed by atoms with van der Waals surface area (Å²) in [6.45, 7) is 5.67. The zero-order valence-corrected chi connectivity index (χ0v) is 15.3. The van der Waals surface area contributed by atoms with E-state index < -0.39 is 11.7 Å². The zero-order valence-electron chi connectivity index (χ0n) is 15.3. The van der Waals surface area contributed by atoms with Gasteiger partial charge in [0.05, 0.1) is 5.56 Å². The minimum atomic E-state index is -4.42. The zero-order chi connectivity index (χ0) is 20.4. The molecule has 2 aromatic rings. The van der Waals surface area contributed by atoms with Crippen LogP contribution in [0.15, 0.2) is 73.3 Å². The number of halogens is 3. The summed E-state index contributed by atoms with van der Waals surface area (Å²) in [6.07, 6.45) is 2.21. The Labute approximate surface area is 162 Å². The largest absolute Gasteiger partial charge is 0.490 e. The lowest BCUT2D eigenvalue weighted by Gasteiger charge is -2.08. The van der Waals surface area contributed by atoms with Crippen LogP contribution in [-0.4, -0.2) is 25.5 Å². The molecule has 0 aliphatic carbocycles. The first kappa shape index (κ1) is 21.4. The van der Waals surface area contributed by atoms with E-state index in [2.05, 4.69) is 11.9 Å². The van der Waals surface area contributed by atoms with Gasteiger partial charge in [-0.25, -0.2) is 0 Å². The van der Waals surface area contributed by atoms with Crippen LogP contribution in [0.1, 0.15) is 27.9 Å². The van der Waals surface area contributed by atoms with Crippen molar-refractivity contribution in [3.05, 3.63) is 90.0 Å². The van der Waals surface area contributed by atoms with E-state index in [1.807, 2.05) is 18.2 Å². The summed E-state index contributed by atoms with van der Waals surface area (Å²) in [5.41, 5.74) is -0.195. The number of nitrogens with one attached hydrogen (secondary N) is 1. The number of carbonyl (C=O) groups excluding carboxylic acids is 1. The predicted molar refractivity (Wildman–Crippen MR) is 104 cm³/mol. The topological polar surface area (TPSA) is 38.3 Å². The number of alkyl halides is 3. The van der Waals surface area contributed by atoms with Crippen LogP contribution >= 0.6 is 0 Å². The lowest BCUT2D eigenvalue weighted by molar-refractivity contribution is -0.137. The third-order valence-corrected chi connectivity index (χ3v) is 3.89. The van der Waals surface area contributed by atoms with Crippen LogP contribution in [0.25, 0.3) is 0 Å². The summed E-state index contributed by atoms with van der Waals surface area (Å²) in [5.74, 6) is 0.263. The van der Waals surface area contributed by atoms with Gasteiger partial charge in [-0.2, -0.15) is 13.2 Å². The van der Waals surface area contributed by atoms with Crippen molar-refractivity contribution in [1.29, 1.82) is 0 Å². The van der Waals surface area contributed by atoms with E-state index in [4.69, 9.17) is 4.74 Å². The van der Waals surface area contributed by atoms with Crippen molar-refractivity contribution in [2.45, 2.75) is 12.6 Å². The van der Waals surface area contributed by atoms with Crippen molar-refractivity contribution in [2.75, 3.05) is 19.7 Å². The highest BCUT2D eigenvalue weighted by molar-refractivity contribution is 6.09. The molecule has 1 N–H and O–H groups in total. The Morgan fingerprint density at radius 3 is 2.18 bits per heavy atom. The highest BCUT2D eigenvalue weighted by atomic mass is 19.4. The first-order chi connectivity index (χ1) is 13.4. The molecule has 2 rings (SSSR count). The van der Waals surface area contributed by atoms with Gasteiger partial charge in [-0.15, -0.1) is 6.58 Å². The molecule has 3 nitrogen and oxygen atoms in total. The molecule has 148 valence electrons. The Morgan fingerprint density at radius 2 is 1.61 bits per heavy atom. The second-order valence-electron chi connectivity index (χ2n) is 5.99. The number of hydrogen-bond acceptors (Lipinski definition) is 3. The Bertz CT molecular complexity index is 794. The summed E-state index contributed by atoms with van der Waals surface area (Å²) in [4.78, 5) is 12.4. The van der Waals surface area contributed by atoms with E-state index in [0.29, 0.717) is 17.9 Å². The minimum absolute atomic E-state index is 0.202. The molecule has 0 saturated carbocycles. The van der Waals surface area contributed by atoms with Gasteiger partial charge in [-0.1, -0.05) is 30.4 Å². The molecule has 0 saturated heterocycles. The molecule has 2 aromatic carbocycles. The second kappa shape index (κ2) is 10.5. The number of hydrogen-bond donors (Lipinski definition) is 1. The van der Waals surface area contributed by atoms with Crippen molar-refractivity contribution in [3.8, 4) is 5.75 Å². The van der Waals surface area contributed by atoms with E-state index in [9.17, 15) is 18.0 Å². The van der Waals surface area contributed by atoms with E-state index in [1.165, 1.54) is 12.1 Å². The third-order valence-electron chi connectivity index (χ3n) is 3.89. The van der Waals surface area contributed by atoms with Crippen molar-refractivity contribution in [2.24, 2.45) is 0 Å². The lowest BCUT2D eigenvalue weighted by atomic mass is 10.0. The highest BCUT2D eigenvalue weighted by Crippen LogP contribution is 2.29. The average molecular weight is 389 g/mol. The molecule has 0 aliphatic rings. The van der Waals surface area contributed by atoms with E-state index in [-0.39, 0.29) is 11.3 Å². The van der Waals surface area contributed by atoms with Crippen LogP contribution in [0.5, 0.6) is 5.75 Å². The summed E-state index contributed by atoms with van der Waals surface area (Å²) in [6, 6.07) is 10.7. The number of benzene rings is 2. The second-order valence-corrected chi connectivity index (χ2v) is 5.99. The van der Waals surface area contributed by atoms with Gasteiger partial charge in [-0.3, -0.25) is 4.79 Å². The van der Waals surface area contributed by atoms with Gasteiger partial charge in [0, 0.05) is 17.7 Å². The lowest BCUT2D eigenvalue weighted by Crippen LogP contribution is -2.14. The van der Waals surface area contributed by atoms with Crippen molar-refractivity contribution in [1.82, 2.24) is 5.32 Å². The normalized spacial score (nSPS) is 11.5. The fraction of sp³-hybridized carbons (Fsp3) is 0.227. The van der Waals surface area contributed by atoms with Gasteiger partial charge in [0.25, 0.3) is 0 Å². The highest BCUT2D eigenvalue weighted by Gasteiger charge is 2.30. The van der Waals surface area contributed by atoms with Crippen molar-refractivity contribution >= 4 is 5.78 Å². The molecule has 0 aliphatic heterocycles. The maximum absolute atomic E-state index is 12.6. The summed E-state index contributed by atoms with van der Waals surface area (Å²) in [7, 11) is 0. The molecule has 28 heavy (non-hydrogen) atoms. The standard InChI is InChI=1S/C22H22F3NO2/c1-2-3-14-26-15-4-5-16-28-20-12-8-18(9-13-20)21(27)17-6-10-19(11-7-17)22(23,24)25/h2,4-13,26H,1,3,14-16H2. The molecule has 0 atom stereocenters. The number of carbonyl (C=O) groups is 1. The molecular weight excluding hydrogens is 367 g/mol. The Balaban J connectivity index is 1.85. The Hall–Kier alpha value is -2.86. The monoisotopic (exact) mass is 389 g/mol. The van der Waals surface area contributed by atoms with Gasteiger partial charge in [-0.05, 0) is 49.4 Å². The van der Waals surface area contributed by atoms with Crippen LogP contribution in [0.3, 0.4) is 0 Å². The van der Waals surface area contributed by atoms with Gasteiger partial charge < -0.3 is 10.1 Å². The molecule has 0 spiro atoms. The Morgan fingerprint density at radius 1 is 1.00 bits per heavy atom. The maximum Gasteiger partial charge on any atom is 0.416 e. The molecule has 6 heteroatoms. The molecule has 0 fully saturated rings. The van der Waals surface area contributed by atoms with E-state index in [0.717, 1.165) is 31.6 Å². The molecular formula is C22H22F3NO2. The van der Waals surface area contributed by atoms with E-state index in [1.54, 1.807) is 24.3 Å². The first-order valence-corrected chi connectivity index (χ1v) is 8.83. The summed E-state index contributed by atoms with van der Waals surface area (Å²) in [5, 5.41) is 3.22. The SMILES string of the molecule is C=CCCNCC=CCOc1ccc(C(=O)c2ccc(C(F)(F)F)cc2)cc1. The summed E-state index contributed by atoms with van der Waals surface area (Å²) < 4.78 is 43.4. The van der Waals surface area contributed by atoms with Crippen LogP contribution in [0.4, 0.5) is 13.2 Å². The predicted octanol–water partition coefficient (Wildman–Crippen LogP) is 5.04. The van der Waals surface area contributed by atoms with Gasteiger partial charge in [0.15, 0.2) is 5.78 Å². The Kier molecular flexibility index (Phi) is 8.02. The van der Waals surface area contributed by atoms with Gasteiger partial charge >= 0.3 is 6.18 Å². The van der Waals surface area contributed by atoms with Crippen LogP contribution in [-0.2, 0) is 6.18 Å². The van der Waals surface area contributed by atoms with Gasteiger partial charge in [0.2, 0.25) is 0 Å². The molecule has 0 amide bonds.